The van der Waals surface area contributed by atoms with E-state index in [0.29, 0.717) is 18.3 Å². The van der Waals surface area contributed by atoms with Gasteiger partial charge in [0.15, 0.2) is 0 Å². The third-order valence-corrected chi connectivity index (χ3v) is 13.0. The molecule has 192 valence electrons. The summed E-state index contributed by atoms with van der Waals surface area (Å²) in [5.41, 5.74) is 0.754. The molecular weight excluding hydrogens is 424 g/mol. The average molecular weight is 473 g/mol. The lowest BCUT2D eigenvalue weighted by molar-refractivity contribution is -0.231. The molecule has 0 aromatic heterocycles. The number of carboxylic acids is 1. The minimum absolute atomic E-state index is 0.00785. The maximum absolute atomic E-state index is 12.8. The molecule has 0 spiro atoms. The zero-order valence-electron chi connectivity index (χ0n) is 22.6. The van der Waals surface area contributed by atoms with Crippen LogP contribution in [0.4, 0.5) is 0 Å². The van der Waals surface area contributed by atoms with E-state index in [0.717, 1.165) is 51.4 Å². The van der Waals surface area contributed by atoms with Gasteiger partial charge in [-0.05, 0) is 103 Å². The number of carboxylic acid groups (broad SMARTS) is 1. The van der Waals surface area contributed by atoms with Crippen molar-refractivity contribution in [2.45, 2.75) is 118 Å². The van der Waals surface area contributed by atoms with Crippen molar-refractivity contribution in [3.05, 3.63) is 11.6 Å². The second kappa shape index (κ2) is 7.12. The summed E-state index contributed by atoms with van der Waals surface area (Å²) in [6.07, 6.45) is 9.45. The Morgan fingerprint density at radius 3 is 2.18 bits per heavy atom. The van der Waals surface area contributed by atoms with Crippen LogP contribution in [0.3, 0.4) is 0 Å². The molecule has 0 aromatic rings. The van der Waals surface area contributed by atoms with Crippen LogP contribution in [0, 0.1) is 50.2 Å². The molecule has 4 saturated carbocycles. The molecule has 4 fully saturated rings. The lowest BCUT2D eigenvalue weighted by Crippen LogP contribution is -2.67. The molecule has 0 radical (unpaired) electrons. The van der Waals surface area contributed by atoms with Gasteiger partial charge in [0.25, 0.3) is 0 Å². The highest BCUT2D eigenvalue weighted by Crippen LogP contribution is 2.75. The van der Waals surface area contributed by atoms with Crippen LogP contribution in [0.25, 0.3) is 0 Å². The molecule has 34 heavy (non-hydrogen) atoms. The Balaban J connectivity index is 1.61. The molecule has 3 N–H and O–H groups in total. The number of hydrogen-bond donors (Lipinski definition) is 3. The Bertz CT molecular complexity index is 919. The summed E-state index contributed by atoms with van der Waals surface area (Å²) in [7, 11) is 0. The van der Waals surface area contributed by atoms with Crippen molar-refractivity contribution < 1.29 is 20.1 Å². The largest absolute Gasteiger partial charge is 0.481 e. The summed E-state index contributed by atoms with van der Waals surface area (Å²) in [5, 5.41) is 32.4. The molecule has 9 atom stereocenters. The zero-order chi connectivity index (χ0) is 25.1. The van der Waals surface area contributed by atoms with E-state index in [-0.39, 0.29) is 33.0 Å². The van der Waals surface area contributed by atoms with Gasteiger partial charge in [0.2, 0.25) is 0 Å². The van der Waals surface area contributed by atoms with Crippen molar-refractivity contribution in [3.8, 4) is 0 Å². The molecule has 0 aromatic carbocycles. The third kappa shape index (κ3) is 2.88. The number of hydrogen-bond acceptors (Lipinski definition) is 3. The molecule has 5 aliphatic rings. The van der Waals surface area contributed by atoms with E-state index in [4.69, 9.17) is 0 Å². The Kier molecular flexibility index (Phi) is 5.20. The number of aliphatic hydroxyl groups is 2. The van der Waals surface area contributed by atoms with Gasteiger partial charge in [-0.1, -0.05) is 60.1 Å². The summed E-state index contributed by atoms with van der Waals surface area (Å²) in [5.74, 6) is 0.365. The highest BCUT2D eigenvalue weighted by atomic mass is 16.4. The van der Waals surface area contributed by atoms with Crippen molar-refractivity contribution in [1.82, 2.24) is 0 Å². The molecule has 0 amide bonds. The predicted octanol–water partition coefficient (Wildman–Crippen LogP) is 6.20. The first-order valence-corrected chi connectivity index (χ1v) is 13.9. The van der Waals surface area contributed by atoms with Crippen molar-refractivity contribution in [1.29, 1.82) is 0 Å². The first-order valence-electron chi connectivity index (χ1n) is 13.9. The molecule has 0 saturated heterocycles. The SMILES string of the molecule is CC1(C)CC[C@]2(C(=O)O)CC[C@@]3(C)C(=CC[C@H]4[C@@]5(C)C[C@H](O)[C@H](O)C(C)(C)[C@H]5CC[C@]43C)[C@@H]2C1. The van der Waals surface area contributed by atoms with E-state index >= 15 is 0 Å². The number of aliphatic carboxylic acids is 1. The lowest BCUT2D eigenvalue weighted by atomic mass is 9.33. The summed E-state index contributed by atoms with van der Waals surface area (Å²) in [6.45, 7) is 16.3. The Morgan fingerprint density at radius 2 is 1.53 bits per heavy atom. The van der Waals surface area contributed by atoms with Crippen LogP contribution in [-0.2, 0) is 4.79 Å². The summed E-state index contributed by atoms with van der Waals surface area (Å²) >= 11 is 0. The van der Waals surface area contributed by atoms with Crippen LogP contribution >= 0.6 is 0 Å². The van der Waals surface area contributed by atoms with Crippen LogP contribution in [0.2, 0.25) is 0 Å². The van der Waals surface area contributed by atoms with Crippen molar-refractivity contribution in [3.63, 3.8) is 0 Å². The van der Waals surface area contributed by atoms with E-state index in [9.17, 15) is 20.1 Å². The third-order valence-electron chi connectivity index (χ3n) is 13.0. The number of fused-ring (bicyclic) bond motifs is 7. The normalized spacial score (nSPS) is 53.4. The van der Waals surface area contributed by atoms with E-state index in [1.54, 1.807) is 0 Å². The van der Waals surface area contributed by atoms with Gasteiger partial charge in [-0.3, -0.25) is 4.79 Å². The van der Waals surface area contributed by atoms with Gasteiger partial charge in [-0.2, -0.15) is 0 Å². The van der Waals surface area contributed by atoms with Crippen LogP contribution in [0.15, 0.2) is 11.6 Å². The molecule has 5 aliphatic carbocycles. The van der Waals surface area contributed by atoms with Crippen molar-refractivity contribution >= 4 is 5.97 Å². The first-order chi connectivity index (χ1) is 15.6. The molecule has 4 heteroatoms. The number of aliphatic hydroxyl groups excluding tert-OH is 2. The van der Waals surface area contributed by atoms with Crippen LogP contribution in [0.1, 0.15) is 106 Å². The van der Waals surface area contributed by atoms with Gasteiger partial charge in [-0.25, -0.2) is 0 Å². The van der Waals surface area contributed by atoms with Gasteiger partial charge in [0, 0.05) is 0 Å². The lowest BCUT2D eigenvalue weighted by Gasteiger charge is -2.71. The van der Waals surface area contributed by atoms with Gasteiger partial charge in [-0.15, -0.1) is 0 Å². The average Bonchev–Trinajstić information content (AvgIpc) is 2.72. The summed E-state index contributed by atoms with van der Waals surface area (Å²) < 4.78 is 0. The fourth-order valence-electron chi connectivity index (χ4n) is 10.8. The number of rotatable bonds is 1. The first kappa shape index (κ1) is 24.8. The highest BCUT2D eigenvalue weighted by Gasteiger charge is 2.70. The smallest absolute Gasteiger partial charge is 0.310 e. The van der Waals surface area contributed by atoms with Crippen molar-refractivity contribution in [2.24, 2.45) is 50.2 Å². The van der Waals surface area contributed by atoms with E-state index in [1.807, 2.05) is 0 Å². The fraction of sp³-hybridized carbons (Fsp3) is 0.900. The monoisotopic (exact) mass is 472 g/mol. The van der Waals surface area contributed by atoms with Crippen LogP contribution in [0.5, 0.6) is 0 Å². The Labute approximate surface area is 206 Å². The molecule has 0 heterocycles. The minimum atomic E-state index is -0.679. The maximum Gasteiger partial charge on any atom is 0.310 e. The van der Waals surface area contributed by atoms with Crippen molar-refractivity contribution in [2.75, 3.05) is 0 Å². The topological polar surface area (TPSA) is 77.8 Å². The summed E-state index contributed by atoms with van der Waals surface area (Å²) in [6, 6.07) is 0. The van der Waals surface area contributed by atoms with E-state index < -0.39 is 23.6 Å². The number of carbonyl (C=O) groups is 1. The second-order valence-electron chi connectivity index (χ2n) is 15.2. The summed E-state index contributed by atoms with van der Waals surface area (Å²) in [4.78, 5) is 12.8. The van der Waals surface area contributed by atoms with Gasteiger partial charge in [0.05, 0.1) is 17.6 Å². The van der Waals surface area contributed by atoms with Crippen LogP contribution < -0.4 is 0 Å². The maximum atomic E-state index is 12.8. The molecule has 4 nitrogen and oxygen atoms in total. The molecule has 5 rings (SSSR count). The van der Waals surface area contributed by atoms with Crippen LogP contribution in [-0.4, -0.2) is 33.5 Å². The Morgan fingerprint density at radius 1 is 0.882 bits per heavy atom. The predicted molar refractivity (Wildman–Crippen MR) is 134 cm³/mol. The van der Waals surface area contributed by atoms with Gasteiger partial charge < -0.3 is 15.3 Å². The van der Waals surface area contributed by atoms with Gasteiger partial charge >= 0.3 is 5.97 Å². The van der Waals surface area contributed by atoms with E-state index in [1.165, 1.54) is 5.57 Å². The fourth-order valence-corrected chi connectivity index (χ4v) is 10.8. The molecule has 0 unspecified atom stereocenters. The molecular formula is C30H48O4. The zero-order valence-corrected chi connectivity index (χ0v) is 22.6. The van der Waals surface area contributed by atoms with Gasteiger partial charge in [0.1, 0.15) is 0 Å². The standard InChI is InChI=1S/C30H48O4/c1-25(2)12-14-30(24(33)34)15-13-28(6)18(19(30)16-25)8-9-22-27(5)17-20(31)23(32)26(3,4)21(27)10-11-29(22,28)7/h8,19-23,31-32H,9-17H2,1-7H3,(H,33,34)/t19-,20-,21+,22-,23-,27-,28-,29+,30-/m0/s1. The van der Waals surface area contributed by atoms with E-state index in [2.05, 4.69) is 54.5 Å². The second-order valence-corrected chi connectivity index (χ2v) is 15.2. The molecule has 0 aliphatic heterocycles. The highest BCUT2D eigenvalue weighted by molar-refractivity contribution is 5.76. The quantitative estimate of drug-likeness (QED) is 0.397. The Hall–Kier alpha value is -0.870. The number of allylic oxidation sites excluding steroid dienone is 2. The minimum Gasteiger partial charge on any atom is -0.481 e. The molecule has 0 bridgehead atoms.